The van der Waals surface area contributed by atoms with Crippen LogP contribution in [0.3, 0.4) is 0 Å². The van der Waals surface area contributed by atoms with Gasteiger partial charge in [-0.1, -0.05) is 38.1 Å². The van der Waals surface area contributed by atoms with Crippen LogP contribution in [0.1, 0.15) is 56.0 Å². The molecule has 0 radical (unpaired) electrons. The van der Waals surface area contributed by atoms with E-state index in [0.717, 1.165) is 24.5 Å². The van der Waals surface area contributed by atoms with Gasteiger partial charge in [0.2, 0.25) is 0 Å². The van der Waals surface area contributed by atoms with E-state index in [-0.39, 0.29) is 18.4 Å². The molecule has 0 fully saturated rings. The Morgan fingerprint density at radius 2 is 1.48 bits per heavy atom. The molecule has 132 valence electrons. The van der Waals surface area contributed by atoms with Gasteiger partial charge in [-0.05, 0) is 36.2 Å². The standard InChI is InChI=1S/C17H13NO3.C2H6.CH4O/c1-11-6-7-12(8-13(11)10-19)9-18-16(20)14-4-2-3-5-15(14)17(18)21;2*1-2/h2-8,10H,9H2,1H3;1-2H3;2H,1H3. The van der Waals surface area contributed by atoms with E-state index in [4.69, 9.17) is 5.11 Å². The Hall–Kier alpha value is -2.79. The minimum Gasteiger partial charge on any atom is -0.400 e. The fourth-order valence-electron chi connectivity index (χ4n) is 2.48. The van der Waals surface area contributed by atoms with Crippen molar-refractivity contribution in [3.8, 4) is 0 Å². The summed E-state index contributed by atoms with van der Waals surface area (Å²) in [5.41, 5.74) is 3.08. The van der Waals surface area contributed by atoms with Crippen molar-refractivity contribution in [2.24, 2.45) is 0 Å². The van der Waals surface area contributed by atoms with Crippen molar-refractivity contribution in [1.82, 2.24) is 4.90 Å². The number of aliphatic hydroxyl groups is 1. The Morgan fingerprint density at radius 1 is 0.960 bits per heavy atom. The highest BCUT2D eigenvalue weighted by Gasteiger charge is 2.34. The summed E-state index contributed by atoms with van der Waals surface area (Å²) >= 11 is 0. The number of carbonyl (C=O) groups excluding carboxylic acids is 3. The summed E-state index contributed by atoms with van der Waals surface area (Å²) in [5, 5.41) is 7.00. The maximum Gasteiger partial charge on any atom is 0.261 e. The summed E-state index contributed by atoms with van der Waals surface area (Å²) in [6, 6.07) is 12.1. The van der Waals surface area contributed by atoms with E-state index in [1.807, 2.05) is 32.9 Å². The quantitative estimate of drug-likeness (QED) is 0.687. The lowest BCUT2D eigenvalue weighted by atomic mass is 10.1. The van der Waals surface area contributed by atoms with Crippen LogP contribution in [0, 0.1) is 6.92 Å². The zero-order valence-electron chi connectivity index (χ0n) is 14.9. The van der Waals surface area contributed by atoms with Gasteiger partial charge in [0.1, 0.15) is 6.29 Å². The zero-order valence-corrected chi connectivity index (χ0v) is 14.9. The van der Waals surface area contributed by atoms with Crippen LogP contribution in [0.2, 0.25) is 0 Å². The number of amides is 2. The monoisotopic (exact) mass is 341 g/mol. The van der Waals surface area contributed by atoms with Gasteiger partial charge < -0.3 is 5.11 Å². The van der Waals surface area contributed by atoms with E-state index in [9.17, 15) is 14.4 Å². The lowest BCUT2D eigenvalue weighted by Crippen LogP contribution is -2.29. The van der Waals surface area contributed by atoms with Crippen molar-refractivity contribution < 1.29 is 19.5 Å². The van der Waals surface area contributed by atoms with E-state index in [1.54, 1.807) is 30.3 Å². The fraction of sp³-hybridized carbons (Fsp3) is 0.250. The molecule has 0 atom stereocenters. The average molecular weight is 341 g/mol. The Labute approximate surface area is 147 Å². The Bertz CT molecular complexity index is 733. The van der Waals surface area contributed by atoms with Crippen LogP contribution >= 0.6 is 0 Å². The summed E-state index contributed by atoms with van der Waals surface area (Å²) in [7, 11) is 1.00. The van der Waals surface area contributed by atoms with E-state index in [1.165, 1.54) is 4.90 Å². The third-order valence-electron chi connectivity index (χ3n) is 3.69. The first-order chi connectivity index (χ1) is 12.1. The van der Waals surface area contributed by atoms with Crippen LogP contribution < -0.4 is 0 Å². The number of nitrogens with zero attached hydrogens (tertiary/aromatic N) is 1. The van der Waals surface area contributed by atoms with Crippen LogP contribution in [0.4, 0.5) is 0 Å². The molecule has 25 heavy (non-hydrogen) atoms. The first-order valence-corrected chi connectivity index (χ1v) is 8.06. The predicted octanol–water partition coefficient (Wildman–Crippen LogP) is 3.24. The van der Waals surface area contributed by atoms with Gasteiger partial charge >= 0.3 is 0 Å². The predicted molar refractivity (Wildman–Crippen MR) is 96.7 cm³/mol. The average Bonchev–Trinajstić information content (AvgIpc) is 2.91. The van der Waals surface area contributed by atoms with Gasteiger partial charge in [0.05, 0.1) is 17.7 Å². The van der Waals surface area contributed by atoms with Crippen molar-refractivity contribution in [3.05, 3.63) is 70.3 Å². The lowest BCUT2D eigenvalue weighted by molar-refractivity contribution is 0.0642. The number of aliphatic hydroxyl groups excluding tert-OH is 1. The van der Waals surface area contributed by atoms with E-state index < -0.39 is 0 Å². The van der Waals surface area contributed by atoms with Crippen LogP contribution in [-0.4, -0.2) is 35.2 Å². The highest BCUT2D eigenvalue weighted by atomic mass is 16.2. The Kier molecular flexibility index (Phi) is 7.69. The number of aryl methyl sites for hydroxylation is 1. The fourth-order valence-corrected chi connectivity index (χ4v) is 2.48. The highest BCUT2D eigenvalue weighted by Crippen LogP contribution is 2.24. The smallest absolute Gasteiger partial charge is 0.261 e. The number of fused-ring (bicyclic) bond motifs is 1. The molecule has 1 aliphatic rings. The molecule has 0 saturated heterocycles. The van der Waals surface area contributed by atoms with Gasteiger partial charge in [0, 0.05) is 12.7 Å². The Balaban J connectivity index is 0.000000730. The van der Waals surface area contributed by atoms with Gasteiger partial charge in [0.15, 0.2) is 0 Å². The maximum atomic E-state index is 12.3. The molecule has 0 bridgehead atoms. The van der Waals surface area contributed by atoms with Crippen molar-refractivity contribution >= 4 is 18.1 Å². The largest absolute Gasteiger partial charge is 0.400 e. The number of aldehydes is 1. The van der Waals surface area contributed by atoms with Crippen LogP contribution in [0.15, 0.2) is 42.5 Å². The van der Waals surface area contributed by atoms with Crippen LogP contribution in [0.25, 0.3) is 0 Å². The molecule has 2 aromatic rings. The van der Waals surface area contributed by atoms with Crippen LogP contribution in [-0.2, 0) is 6.54 Å². The molecule has 0 aromatic heterocycles. The first-order valence-electron chi connectivity index (χ1n) is 8.06. The van der Waals surface area contributed by atoms with E-state index in [0.29, 0.717) is 16.7 Å². The van der Waals surface area contributed by atoms with E-state index >= 15 is 0 Å². The van der Waals surface area contributed by atoms with Crippen molar-refractivity contribution in [2.75, 3.05) is 7.11 Å². The molecule has 5 nitrogen and oxygen atoms in total. The molecule has 1 N–H and O–H groups in total. The summed E-state index contributed by atoms with van der Waals surface area (Å²) in [6.07, 6.45) is 0.779. The first kappa shape index (κ1) is 20.3. The molecular weight excluding hydrogens is 318 g/mol. The van der Waals surface area contributed by atoms with Gasteiger partial charge in [-0.3, -0.25) is 19.3 Å². The number of hydrogen-bond donors (Lipinski definition) is 1. The molecule has 0 aliphatic carbocycles. The second-order valence-electron chi connectivity index (χ2n) is 5.05. The third kappa shape index (κ3) is 4.19. The normalized spacial score (nSPS) is 11.8. The van der Waals surface area contributed by atoms with Crippen LogP contribution in [0.5, 0.6) is 0 Å². The summed E-state index contributed by atoms with van der Waals surface area (Å²) in [5.74, 6) is -0.576. The number of carbonyl (C=O) groups is 3. The van der Waals surface area contributed by atoms with Crippen molar-refractivity contribution in [2.45, 2.75) is 27.3 Å². The summed E-state index contributed by atoms with van der Waals surface area (Å²) in [4.78, 5) is 36.7. The highest BCUT2D eigenvalue weighted by molar-refractivity contribution is 6.21. The molecule has 0 saturated carbocycles. The lowest BCUT2D eigenvalue weighted by Gasteiger charge is -2.14. The number of hydrogen-bond acceptors (Lipinski definition) is 4. The van der Waals surface area contributed by atoms with Crippen molar-refractivity contribution in [3.63, 3.8) is 0 Å². The van der Waals surface area contributed by atoms with E-state index in [2.05, 4.69) is 0 Å². The van der Waals surface area contributed by atoms with Gasteiger partial charge in [-0.2, -0.15) is 0 Å². The van der Waals surface area contributed by atoms with Gasteiger partial charge in [-0.15, -0.1) is 0 Å². The zero-order chi connectivity index (χ0) is 19.0. The topological polar surface area (TPSA) is 74.7 Å². The summed E-state index contributed by atoms with van der Waals surface area (Å²) < 4.78 is 0. The van der Waals surface area contributed by atoms with Gasteiger partial charge in [0.25, 0.3) is 11.8 Å². The van der Waals surface area contributed by atoms with Crippen molar-refractivity contribution in [1.29, 1.82) is 0 Å². The summed E-state index contributed by atoms with van der Waals surface area (Å²) in [6.45, 7) is 6.02. The molecule has 5 heteroatoms. The second kappa shape index (κ2) is 9.49. The molecule has 1 heterocycles. The molecule has 0 unspecified atom stereocenters. The SMILES string of the molecule is CC.CO.Cc1ccc(CN2C(=O)c3ccccc3C2=O)cc1C=O. The molecule has 0 spiro atoms. The van der Waals surface area contributed by atoms with Gasteiger partial charge in [-0.25, -0.2) is 0 Å². The number of benzene rings is 2. The molecule has 2 amide bonds. The molecule has 1 aliphatic heterocycles. The molecule has 2 aromatic carbocycles. The number of imide groups is 1. The second-order valence-corrected chi connectivity index (χ2v) is 5.05. The Morgan fingerprint density at radius 3 is 1.96 bits per heavy atom. The third-order valence-corrected chi connectivity index (χ3v) is 3.69. The number of rotatable bonds is 3. The molecule has 3 rings (SSSR count). The molecular formula is C20H23NO4. The maximum absolute atomic E-state index is 12.3. The minimum atomic E-state index is -0.288. The minimum absolute atomic E-state index is 0.174.